The molecule has 0 spiro atoms. The summed E-state index contributed by atoms with van der Waals surface area (Å²) in [6.45, 7) is 0.895. The first kappa shape index (κ1) is 16.0. The van der Waals surface area contributed by atoms with Gasteiger partial charge in [0.2, 0.25) is 0 Å². The first-order chi connectivity index (χ1) is 9.90. The largest absolute Gasteiger partial charge is 0.490 e. The average Bonchev–Trinajstić information content (AvgIpc) is 2.61. The fourth-order valence-corrected chi connectivity index (χ4v) is 2.67. The van der Waals surface area contributed by atoms with Crippen LogP contribution in [0, 0.1) is 0 Å². The number of carbonyl (C=O) groups is 1. The monoisotopic (exact) mass is 364 g/mol. The van der Waals surface area contributed by atoms with E-state index in [4.69, 9.17) is 14.6 Å². The molecule has 0 aliphatic carbocycles. The van der Waals surface area contributed by atoms with E-state index in [9.17, 15) is 13.6 Å². The second-order valence-electron chi connectivity index (χ2n) is 4.78. The van der Waals surface area contributed by atoms with Gasteiger partial charge in [-0.2, -0.15) is 0 Å². The predicted molar refractivity (Wildman–Crippen MR) is 75.1 cm³/mol. The molecule has 0 bridgehead atoms. The van der Waals surface area contributed by atoms with Crippen LogP contribution in [0.4, 0.5) is 8.78 Å². The van der Waals surface area contributed by atoms with Gasteiger partial charge in [0, 0.05) is 29.3 Å². The number of carboxylic acids is 1. The van der Waals surface area contributed by atoms with E-state index in [0.717, 1.165) is 0 Å². The number of hydrogen-bond acceptors (Lipinski definition) is 3. The highest BCUT2D eigenvalue weighted by molar-refractivity contribution is 9.10. The highest BCUT2D eigenvalue weighted by Crippen LogP contribution is 2.43. The molecule has 0 unspecified atom stereocenters. The van der Waals surface area contributed by atoms with Gasteiger partial charge in [-0.3, -0.25) is 4.79 Å². The van der Waals surface area contributed by atoms with Crippen molar-refractivity contribution in [2.45, 2.75) is 31.6 Å². The first-order valence-corrected chi connectivity index (χ1v) is 7.39. The van der Waals surface area contributed by atoms with Crippen molar-refractivity contribution in [3.8, 4) is 11.5 Å². The first-order valence-electron chi connectivity index (χ1n) is 6.59. The zero-order valence-electron chi connectivity index (χ0n) is 11.2. The van der Waals surface area contributed by atoms with Crippen LogP contribution in [-0.2, 0) is 10.7 Å². The maximum Gasteiger partial charge on any atom is 0.303 e. The summed E-state index contributed by atoms with van der Waals surface area (Å²) in [4.78, 5) is 10.4. The molecule has 21 heavy (non-hydrogen) atoms. The Morgan fingerprint density at radius 3 is 2.52 bits per heavy atom. The zero-order chi connectivity index (χ0) is 15.5. The number of ether oxygens (including phenoxy) is 2. The molecule has 1 N–H and O–H groups in total. The molecule has 1 aromatic carbocycles. The number of benzene rings is 1. The Morgan fingerprint density at radius 1 is 1.29 bits per heavy atom. The second kappa shape index (κ2) is 6.60. The van der Waals surface area contributed by atoms with E-state index in [1.54, 1.807) is 0 Å². The highest BCUT2D eigenvalue weighted by Gasteiger charge is 2.34. The molecule has 0 aromatic heterocycles. The van der Waals surface area contributed by atoms with E-state index < -0.39 is 18.3 Å². The van der Waals surface area contributed by atoms with E-state index in [1.165, 1.54) is 12.1 Å². The molecule has 0 fully saturated rings. The Kier molecular flexibility index (Phi) is 5.03. The number of aliphatic carboxylic acids is 1. The van der Waals surface area contributed by atoms with Crippen LogP contribution in [0.1, 0.15) is 31.2 Å². The molecule has 1 heterocycles. The Labute approximate surface area is 129 Å². The van der Waals surface area contributed by atoms with Gasteiger partial charge in [0.05, 0.1) is 13.2 Å². The van der Waals surface area contributed by atoms with Gasteiger partial charge in [-0.15, -0.1) is 0 Å². The number of fused-ring (bicyclic) bond motifs is 1. The number of halogens is 3. The number of hydrogen-bond donors (Lipinski definition) is 1. The third kappa shape index (κ3) is 4.06. The standard InChI is InChI=1S/C14H15BrF2O4/c15-10-8-12-11(20-5-2-6-21-12)7-9(10)14(16,17)4-1-3-13(18)19/h7-8H,1-6H2,(H,18,19). The molecule has 0 atom stereocenters. The maximum atomic E-state index is 14.2. The van der Waals surface area contributed by atoms with Crippen LogP contribution in [-0.4, -0.2) is 24.3 Å². The summed E-state index contributed by atoms with van der Waals surface area (Å²) < 4.78 is 39.5. The van der Waals surface area contributed by atoms with E-state index >= 15 is 0 Å². The molecule has 1 aromatic rings. The number of carboxylic acid groups (broad SMARTS) is 1. The summed E-state index contributed by atoms with van der Waals surface area (Å²) in [5.41, 5.74) is -0.211. The molecule has 7 heteroatoms. The molecule has 116 valence electrons. The van der Waals surface area contributed by atoms with Gasteiger partial charge in [-0.1, -0.05) is 15.9 Å². The van der Waals surface area contributed by atoms with Crippen molar-refractivity contribution in [2.75, 3.05) is 13.2 Å². The SMILES string of the molecule is O=C(O)CCCC(F)(F)c1cc2c(cc1Br)OCCCO2. The van der Waals surface area contributed by atoms with Crippen LogP contribution < -0.4 is 9.47 Å². The lowest BCUT2D eigenvalue weighted by molar-refractivity contribution is -0.137. The van der Waals surface area contributed by atoms with Crippen molar-refractivity contribution in [3.05, 3.63) is 22.2 Å². The third-order valence-electron chi connectivity index (χ3n) is 3.11. The average molecular weight is 365 g/mol. The summed E-state index contributed by atoms with van der Waals surface area (Å²) in [6.07, 6.45) is -0.213. The van der Waals surface area contributed by atoms with Crippen LogP contribution in [0.25, 0.3) is 0 Å². The smallest absolute Gasteiger partial charge is 0.303 e. The quantitative estimate of drug-likeness (QED) is 0.858. The van der Waals surface area contributed by atoms with Crippen molar-refractivity contribution in [1.82, 2.24) is 0 Å². The van der Waals surface area contributed by atoms with Crippen LogP contribution in [0.15, 0.2) is 16.6 Å². The minimum atomic E-state index is -3.13. The minimum Gasteiger partial charge on any atom is -0.490 e. The Bertz CT molecular complexity index is 534. The molecule has 1 aliphatic heterocycles. The molecular formula is C14H15BrF2O4. The van der Waals surface area contributed by atoms with Gasteiger partial charge in [-0.05, 0) is 18.6 Å². The molecular weight excluding hydrogens is 350 g/mol. The fraction of sp³-hybridized carbons (Fsp3) is 0.500. The van der Waals surface area contributed by atoms with Gasteiger partial charge < -0.3 is 14.6 Å². The van der Waals surface area contributed by atoms with Crippen LogP contribution in [0.3, 0.4) is 0 Å². The van der Waals surface area contributed by atoms with Crippen molar-refractivity contribution < 1.29 is 28.2 Å². The normalized spacial score (nSPS) is 14.6. The molecule has 0 amide bonds. The Balaban J connectivity index is 2.21. The summed E-state index contributed by atoms with van der Waals surface area (Å²) in [5, 5.41) is 8.53. The molecule has 4 nitrogen and oxygen atoms in total. The van der Waals surface area contributed by atoms with Crippen molar-refractivity contribution >= 4 is 21.9 Å². The summed E-state index contributed by atoms with van der Waals surface area (Å²) in [7, 11) is 0. The molecule has 0 saturated carbocycles. The van der Waals surface area contributed by atoms with Crippen molar-refractivity contribution in [2.24, 2.45) is 0 Å². The molecule has 1 aliphatic rings. The Hall–Kier alpha value is -1.37. The number of rotatable bonds is 5. The van der Waals surface area contributed by atoms with Gasteiger partial charge >= 0.3 is 5.97 Å². The fourth-order valence-electron chi connectivity index (χ4n) is 2.06. The highest BCUT2D eigenvalue weighted by atomic mass is 79.9. The van der Waals surface area contributed by atoms with E-state index in [2.05, 4.69) is 15.9 Å². The van der Waals surface area contributed by atoms with E-state index in [-0.39, 0.29) is 22.9 Å². The second-order valence-corrected chi connectivity index (χ2v) is 5.64. The molecule has 0 radical (unpaired) electrons. The lowest BCUT2D eigenvalue weighted by atomic mass is 10.0. The van der Waals surface area contributed by atoms with Gasteiger partial charge in [0.15, 0.2) is 11.5 Å². The minimum absolute atomic E-state index is 0.0940. The van der Waals surface area contributed by atoms with Gasteiger partial charge in [0.1, 0.15) is 0 Å². The topological polar surface area (TPSA) is 55.8 Å². The summed E-state index contributed by atoms with van der Waals surface area (Å²) in [6, 6.07) is 2.74. The van der Waals surface area contributed by atoms with Crippen LogP contribution in [0.2, 0.25) is 0 Å². The van der Waals surface area contributed by atoms with Crippen LogP contribution >= 0.6 is 15.9 Å². The van der Waals surface area contributed by atoms with Crippen molar-refractivity contribution in [3.63, 3.8) is 0 Å². The molecule has 2 rings (SSSR count). The van der Waals surface area contributed by atoms with E-state index in [1.807, 2.05) is 0 Å². The zero-order valence-corrected chi connectivity index (χ0v) is 12.8. The summed E-state index contributed by atoms with van der Waals surface area (Å²) >= 11 is 3.13. The summed E-state index contributed by atoms with van der Waals surface area (Å²) in [5.74, 6) is -3.48. The molecule has 0 saturated heterocycles. The third-order valence-corrected chi connectivity index (χ3v) is 3.77. The maximum absolute atomic E-state index is 14.2. The van der Waals surface area contributed by atoms with E-state index in [0.29, 0.717) is 31.1 Å². The number of alkyl halides is 2. The van der Waals surface area contributed by atoms with Gasteiger partial charge in [0.25, 0.3) is 5.92 Å². The van der Waals surface area contributed by atoms with Crippen molar-refractivity contribution in [1.29, 1.82) is 0 Å². The van der Waals surface area contributed by atoms with Gasteiger partial charge in [-0.25, -0.2) is 8.78 Å². The van der Waals surface area contributed by atoms with Crippen LogP contribution in [0.5, 0.6) is 11.5 Å². The lowest BCUT2D eigenvalue weighted by Gasteiger charge is -2.20. The predicted octanol–water partition coefficient (Wildman–Crippen LogP) is 3.96. The lowest BCUT2D eigenvalue weighted by Crippen LogP contribution is -2.15. The Morgan fingerprint density at radius 2 is 1.90 bits per heavy atom.